The fraction of sp³-hybridized carbons (Fsp3) is 0.500. The summed E-state index contributed by atoms with van der Waals surface area (Å²) in [5, 5.41) is 17.3. The Bertz CT molecular complexity index is 1780. The van der Waals surface area contributed by atoms with Crippen LogP contribution in [0.5, 0.6) is 0 Å². The summed E-state index contributed by atoms with van der Waals surface area (Å²) >= 11 is 1.51. The van der Waals surface area contributed by atoms with Crippen molar-refractivity contribution in [3.05, 3.63) is 64.8 Å². The lowest BCUT2D eigenvalue weighted by Gasteiger charge is -2.35. The fourth-order valence-electron chi connectivity index (χ4n) is 7.21. The van der Waals surface area contributed by atoms with Crippen molar-refractivity contribution in [2.75, 3.05) is 56.7 Å². The smallest absolute Gasteiger partial charge is 0.255 e. The van der Waals surface area contributed by atoms with Crippen molar-refractivity contribution in [3.8, 4) is 0 Å². The Balaban J connectivity index is 0.805. The second-order valence-corrected chi connectivity index (χ2v) is 14.7. The molecule has 5 N–H and O–H groups in total. The molecule has 3 aliphatic rings. The highest BCUT2D eigenvalue weighted by Crippen LogP contribution is 2.39. The van der Waals surface area contributed by atoms with Crippen LogP contribution < -0.4 is 26.6 Å². The van der Waals surface area contributed by atoms with Gasteiger partial charge in [-0.1, -0.05) is 25.3 Å². The molecule has 0 bridgehead atoms. The van der Waals surface area contributed by atoms with E-state index in [1.165, 1.54) is 16.2 Å². The molecule has 2 aliphatic heterocycles. The third-order valence-electron chi connectivity index (χ3n) is 9.92. The van der Waals surface area contributed by atoms with Crippen LogP contribution in [0.2, 0.25) is 0 Å². The highest BCUT2D eigenvalue weighted by molar-refractivity contribution is 7.13. The van der Waals surface area contributed by atoms with Crippen LogP contribution in [0.25, 0.3) is 0 Å². The highest BCUT2D eigenvalue weighted by atomic mass is 32.1. The largest absolute Gasteiger partial charge is 0.379 e. The molecule has 16 heteroatoms. The maximum Gasteiger partial charge on any atom is 0.255 e. The molecule has 3 aromatic rings. The van der Waals surface area contributed by atoms with Gasteiger partial charge in [0.25, 0.3) is 5.91 Å². The molecule has 2 aromatic heterocycles. The molecule has 5 amide bonds. The molecule has 4 heterocycles. The van der Waals surface area contributed by atoms with Gasteiger partial charge >= 0.3 is 0 Å². The van der Waals surface area contributed by atoms with Gasteiger partial charge in [0.1, 0.15) is 11.9 Å². The van der Waals surface area contributed by atoms with Crippen LogP contribution in [0.3, 0.4) is 0 Å². The number of fused-ring (bicyclic) bond motifs is 1. The highest BCUT2D eigenvalue weighted by Gasteiger charge is 2.40. The predicted octanol–water partition coefficient (Wildman–Crippen LogP) is 3.30. The van der Waals surface area contributed by atoms with E-state index in [0.717, 1.165) is 54.3 Å². The lowest BCUT2D eigenvalue weighted by molar-refractivity contribution is -0.137. The van der Waals surface area contributed by atoms with Crippen molar-refractivity contribution in [2.24, 2.45) is 5.41 Å². The number of aromatic nitrogens is 2. The van der Waals surface area contributed by atoms with Gasteiger partial charge in [-0.25, -0.2) is 9.97 Å². The summed E-state index contributed by atoms with van der Waals surface area (Å²) < 4.78 is 11.4. The molecule has 15 nitrogen and oxygen atoms in total. The average molecular weight is 761 g/mol. The van der Waals surface area contributed by atoms with Crippen LogP contribution in [0.15, 0.2) is 48.0 Å². The maximum absolute atomic E-state index is 13.5. The van der Waals surface area contributed by atoms with Gasteiger partial charge in [-0.15, -0.1) is 11.3 Å². The van der Waals surface area contributed by atoms with E-state index in [4.69, 9.17) is 14.5 Å². The number of carbonyl (C=O) groups excluding carboxylic acids is 5. The van der Waals surface area contributed by atoms with Crippen molar-refractivity contribution >= 4 is 57.5 Å². The van der Waals surface area contributed by atoms with E-state index >= 15 is 0 Å². The van der Waals surface area contributed by atoms with Gasteiger partial charge in [0.05, 0.1) is 31.8 Å². The number of benzene rings is 1. The van der Waals surface area contributed by atoms with Crippen LogP contribution in [-0.2, 0) is 41.6 Å². The number of hydrogen-bond acceptors (Lipinski definition) is 12. The summed E-state index contributed by atoms with van der Waals surface area (Å²) in [6.45, 7) is 3.11. The van der Waals surface area contributed by atoms with E-state index in [1.807, 2.05) is 23.6 Å². The van der Waals surface area contributed by atoms with Gasteiger partial charge in [0, 0.05) is 61.1 Å². The molecule has 1 saturated heterocycles. The van der Waals surface area contributed by atoms with Crippen LogP contribution in [-0.4, -0.2) is 96.5 Å². The molecule has 1 atom stereocenters. The zero-order valence-corrected chi connectivity index (χ0v) is 31.1. The van der Waals surface area contributed by atoms with Crippen molar-refractivity contribution in [2.45, 2.75) is 70.4 Å². The number of anilines is 3. The normalized spacial score (nSPS) is 17.9. The number of thiazole rings is 1. The summed E-state index contributed by atoms with van der Waals surface area (Å²) in [4.78, 5) is 73.1. The molecular weight excluding hydrogens is 713 g/mol. The van der Waals surface area contributed by atoms with Crippen LogP contribution in [0.4, 0.5) is 16.6 Å². The zero-order chi connectivity index (χ0) is 37.8. The van der Waals surface area contributed by atoms with Gasteiger partial charge in [-0.3, -0.25) is 29.3 Å². The quantitative estimate of drug-likeness (QED) is 0.0890. The molecule has 2 fully saturated rings. The number of hydrogen-bond donors (Lipinski definition) is 5. The Labute approximate surface area is 318 Å². The van der Waals surface area contributed by atoms with Gasteiger partial charge in [-0.2, -0.15) is 0 Å². The Kier molecular flexibility index (Phi) is 13.7. The third-order valence-corrected chi connectivity index (χ3v) is 10.6. The average Bonchev–Trinajstić information content (AvgIpc) is 3.79. The van der Waals surface area contributed by atoms with Crippen LogP contribution in [0.1, 0.15) is 73.0 Å². The number of ether oxygens (including phenoxy) is 2. The Morgan fingerprint density at radius 1 is 1.00 bits per heavy atom. The van der Waals surface area contributed by atoms with Gasteiger partial charge in [-0.05, 0) is 68.1 Å². The number of carbonyl (C=O) groups is 5. The first-order chi connectivity index (χ1) is 26.3. The van der Waals surface area contributed by atoms with Gasteiger partial charge in [0.2, 0.25) is 23.6 Å². The van der Waals surface area contributed by atoms with E-state index in [9.17, 15) is 24.0 Å². The van der Waals surface area contributed by atoms with E-state index in [-0.39, 0.29) is 43.1 Å². The Morgan fingerprint density at radius 2 is 1.83 bits per heavy atom. The minimum Gasteiger partial charge on any atom is -0.379 e. The molecule has 0 spiro atoms. The van der Waals surface area contributed by atoms with E-state index in [2.05, 4.69) is 31.6 Å². The summed E-state index contributed by atoms with van der Waals surface area (Å²) in [5.74, 6) is -0.480. The molecule has 1 saturated carbocycles. The third kappa shape index (κ3) is 10.5. The predicted molar refractivity (Wildman–Crippen MR) is 202 cm³/mol. The van der Waals surface area contributed by atoms with E-state index < -0.39 is 17.4 Å². The molecule has 6 rings (SSSR count). The topological polar surface area (TPSA) is 193 Å². The SMILES string of the molecule is O=C1CCC(N2Cc3cc(NC(=O)CNCCCOCCOCCNC(=O)C4(Cc5cccc(Nc6nccs6)n5)CCCCC4)ccc3C2=O)C(=O)N1. The molecule has 0 radical (unpaired) electrons. The van der Waals surface area contributed by atoms with E-state index in [1.54, 1.807) is 24.4 Å². The summed E-state index contributed by atoms with van der Waals surface area (Å²) in [6, 6.07) is 10.2. The first kappa shape index (κ1) is 38.9. The number of piperidine rings is 1. The van der Waals surface area contributed by atoms with Crippen molar-refractivity contribution in [1.82, 2.24) is 30.8 Å². The molecule has 1 unspecified atom stereocenters. The van der Waals surface area contributed by atoms with Crippen molar-refractivity contribution < 1.29 is 33.4 Å². The number of imide groups is 1. The van der Waals surface area contributed by atoms with E-state index in [0.29, 0.717) is 70.0 Å². The van der Waals surface area contributed by atoms with Crippen molar-refractivity contribution in [3.63, 3.8) is 0 Å². The lowest BCUT2D eigenvalue weighted by atomic mass is 9.70. The second-order valence-electron chi connectivity index (χ2n) is 13.8. The first-order valence-corrected chi connectivity index (χ1v) is 19.5. The lowest BCUT2D eigenvalue weighted by Crippen LogP contribution is -2.52. The van der Waals surface area contributed by atoms with Gasteiger partial charge in [0.15, 0.2) is 5.13 Å². The maximum atomic E-state index is 13.5. The Morgan fingerprint density at radius 3 is 2.63 bits per heavy atom. The molecule has 54 heavy (non-hydrogen) atoms. The number of amides is 5. The summed E-state index contributed by atoms with van der Waals surface area (Å²) in [7, 11) is 0. The summed E-state index contributed by atoms with van der Waals surface area (Å²) in [6.07, 6.45) is 8.40. The summed E-state index contributed by atoms with van der Waals surface area (Å²) in [5.41, 5.74) is 2.19. The second kappa shape index (κ2) is 19.0. The molecule has 288 valence electrons. The number of rotatable bonds is 19. The molecule has 1 aliphatic carbocycles. The first-order valence-electron chi connectivity index (χ1n) is 18.6. The minimum atomic E-state index is -0.683. The number of nitrogens with zero attached hydrogens (tertiary/aromatic N) is 3. The van der Waals surface area contributed by atoms with Crippen LogP contribution in [0, 0.1) is 5.41 Å². The Hall–Kier alpha value is -4.77. The monoisotopic (exact) mass is 760 g/mol. The molecule has 1 aromatic carbocycles. The van der Waals surface area contributed by atoms with Gasteiger partial charge < -0.3 is 35.6 Å². The minimum absolute atomic E-state index is 0.0606. The number of pyridine rings is 1. The fourth-order valence-corrected chi connectivity index (χ4v) is 7.74. The molecular formula is C38H48N8O7S. The van der Waals surface area contributed by atoms with Crippen molar-refractivity contribution in [1.29, 1.82) is 0 Å². The standard InChI is InChI=1S/C38H48N8O7S/c47-32-11-10-30(34(49)45-32)46-25-26-22-27(8-9-29(26)35(46)50)43-33(48)24-39-14-5-17-52-19-20-53-18-15-40-36(51)38(12-2-1-3-13-38)23-28-6-4-7-31(42-28)44-37-41-16-21-54-37/h4,6-9,16,21-22,30,39H,1-3,5,10-15,17-20,23-25H2,(H,40,51)(H,43,48)(H,41,42,44)(H,45,47,49). The van der Waals surface area contributed by atoms with Crippen LogP contribution >= 0.6 is 11.3 Å². The zero-order valence-electron chi connectivity index (χ0n) is 30.3. The number of nitrogens with one attached hydrogen (secondary N) is 5.